The monoisotopic (exact) mass is 288 g/mol. The van der Waals surface area contributed by atoms with Crippen molar-refractivity contribution in [2.45, 2.75) is 0 Å². The van der Waals surface area contributed by atoms with Crippen molar-refractivity contribution in [1.29, 1.82) is 0 Å². The van der Waals surface area contributed by atoms with Crippen LogP contribution in [0.4, 0.5) is 0 Å². The average molecular weight is 289 g/mol. The Kier molecular flexibility index (Phi) is 5.22. The molecule has 0 unspecified atom stereocenters. The molecular weight excluding hydrogens is 276 g/mol. The molecule has 1 N–H and O–H groups in total. The molecule has 0 aliphatic heterocycles. The fourth-order valence-corrected chi connectivity index (χ4v) is 1.65. The summed E-state index contributed by atoms with van der Waals surface area (Å²) < 4.78 is 5.50. The Bertz CT molecular complexity index is 661. The number of pyridine rings is 1. The fourth-order valence-electron chi connectivity index (χ4n) is 1.56. The number of nitrogens with zero attached hydrogens (tertiary/aromatic N) is 1. The molecule has 0 saturated carbocycles. The highest BCUT2D eigenvalue weighted by Gasteiger charge is 1.97. The first-order valence-electron chi connectivity index (χ1n) is 6.05. The summed E-state index contributed by atoms with van der Waals surface area (Å²) in [5, 5.41) is 3.61. The Balaban J connectivity index is 1.84. The van der Waals surface area contributed by atoms with Crippen molar-refractivity contribution in [3.05, 3.63) is 36.5 Å². The zero-order valence-corrected chi connectivity index (χ0v) is 11.5. The summed E-state index contributed by atoms with van der Waals surface area (Å²) in [6, 6.07) is 9.58. The molecule has 1 aromatic heterocycles. The lowest BCUT2D eigenvalue weighted by Crippen LogP contribution is -2.24. The first-order chi connectivity index (χ1) is 9.79. The maximum Gasteiger partial charge on any atom is 0.235 e. The first-order valence-corrected chi connectivity index (χ1v) is 6.59. The van der Waals surface area contributed by atoms with Crippen LogP contribution in [0, 0.1) is 11.8 Å². The summed E-state index contributed by atoms with van der Waals surface area (Å²) in [5.41, 5.74) is 0.882. The predicted octanol–water partition coefficient (Wildman–Crippen LogP) is 1.97. The van der Waals surface area contributed by atoms with E-state index in [2.05, 4.69) is 22.1 Å². The van der Waals surface area contributed by atoms with Crippen LogP contribution >= 0.6 is 11.6 Å². The van der Waals surface area contributed by atoms with Gasteiger partial charge in [0.25, 0.3) is 0 Å². The molecule has 0 saturated heterocycles. The van der Waals surface area contributed by atoms with Crippen molar-refractivity contribution >= 4 is 28.4 Å². The minimum atomic E-state index is -0.234. The minimum Gasteiger partial charge on any atom is -0.481 e. The van der Waals surface area contributed by atoms with E-state index in [1.165, 1.54) is 0 Å². The van der Waals surface area contributed by atoms with E-state index in [4.69, 9.17) is 16.3 Å². The molecule has 5 heteroatoms. The Labute approximate surface area is 122 Å². The number of fused-ring (bicyclic) bond motifs is 1. The standard InChI is InChI=1S/C15H13ClN2O2/c16-11-15(19)18-7-1-2-9-20-13-6-5-12-4-3-8-17-14(12)10-13/h3-6,8,10H,7,9,11H2,(H,18,19). The Morgan fingerprint density at radius 1 is 1.35 bits per heavy atom. The van der Waals surface area contributed by atoms with Crippen LogP contribution in [0.5, 0.6) is 5.75 Å². The van der Waals surface area contributed by atoms with Gasteiger partial charge in [0.15, 0.2) is 0 Å². The smallest absolute Gasteiger partial charge is 0.235 e. The van der Waals surface area contributed by atoms with Crippen LogP contribution in [0.15, 0.2) is 36.5 Å². The molecule has 102 valence electrons. The third-order valence-electron chi connectivity index (χ3n) is 2.51. The van der Waals surface area contributed by atoms with Crippen LogP contribution in [0.2, 0.25) is 0 Å². The summed E-state index contributed by atoms with van der Waals surface area (Å²) in [7, 11) is 0. The van der Waals surface area contributed by atoms with E-state index in [1.54, 1.807) is 6.20 Å². The zero-order chi connectivity index (χ0) is 14.2. The Hall–Kier alpha value is -2.25. The van der Waals surface area contributed by atoms with Crippen LogP contribution in [-0.4, -0.2) is 29.9 Å². The van der Waals surface area contributed by atoms with Gasteiger partial charge in [0.1, 0.15) is 18.2 Å². The molecule has 1 amide bonds. The average Bonchev–Trinajstić information content (AvgIpc) is 2.50. The number of carbonyl (C=O) groups is 1. The molecule has 0 fully saturated rings. The maximum absolute atomic E-state index is 10.8. The second-order valence-corrected chi connectivity index (χ2v) is 4.18. The van der Waals surface area contributed by atoms with Gasteiger partial charge in [0.2, 0.25) is 5.91 Å². The second kappa shape index (κ2) is 7.37. The number of benzene rings is 1. The number of aromatic nitrogens is 1. The van der Waals surface area contributed by atoms with Gasteiger partial charge in [-0.3, -0.25) is 9.78 Å². The van der Waals surface area contributed by atoms with Crippen molar-refractivity contribution in [3.63, 3.8) is 0 Å². The molecule has 0 atom stereocenters. The summed E-state index contributed by atoms with van der Waals surface area (Å²) in [5.74, 6) is 6.02. The van der Waals surface area contributed by atoms with Crippen molar-refractivity contribution < 1.29 is 9.53 Å². The largest absolute Gasteiger partial charge is 0.481 e. The van der Waals surface area contributed by atoms with Crippen molar-refractivity contribution in [3.8, 4) is 17.6 Å². The molecular formula is C15H13ClN2O2. The Morgan fingerprint density at radius 3 is 3.10 bits per heavy atom. The lowest BCUT2D eigenvalue weighted by molar-refractivity contribution is -0.118. The lowest BCUT2D eigenvalue weighted by atomic mass is 10.2. The van der Waals surface area contributed by atoms with E-state index in [1.807, 2.05) is 30.3 Å². The van der Waals surface area contributed by atoms with E-state index >= 15 is 0 Å². The maximum atomic E-state index is 10.8. The molecule has 1 heterocycles. The molecule has 1 aromatic carbocycles. The molecule has 0 spiro atoms. The Morgan fingerprint density at radius 2 is 2.25 bits per heavy atom. The van der Waals surface area contributed by atoms with E-state index in [9.17, 15) is 4.79 Å². The summed E-state index contributed by atoms with van der Waals surface area (Å²) in [4.78, 5) is 15.1. The predicted molar refractivity (Wildman–Crippen MR) is 78.7 cm³/mol. The minimum absolute atomic E-state index is 0.0533. The summed E-state index contributed by atoms with van der Waals surface area (Å²) >= 11 is 5.33. The van der Waals surface area contributed by atoms with Gasteiger partial charge in [-0.1, -0.05) is 17.9 Å². The highest BCUT2D eigenvalue weighted by Crippen LogP contribution is 2.18. The number of ether oxygens (including phenoxy) is 1. The van der Waals surface area contributed by atoms with Gasteiger partial charge in [-0.05, 0) is 18.2 Å². The number of halogens is 1. The summed E-state index contributed by atoms with van der Waals surface area (Å²) in [6.45, 7) is 0.531. The topological polar surface area (TPSA) is 51.2 Å². The number of hydrogen-bond donors (Lipinski definition) is 1. The number of nitrogens with one attached hydrogen (secondary N) is 1. The molecule has 2 aromatic rings. The van der Waals surface area contributed by atoms with Crippen LogP contribution in [0.25, 0.3) is 10.9 Å². The normalized spacial score (nSPS) is 9.65. The number of rotatable bonds is 4. The highest BCUT2D eigenvalue weighted by molar-refractivity contribution is 6.27. The van der Waals surface area contributed by atoms with Crippen molar-refractivity contribution in [2.75, 3.05) is 19.0 Å². The quantitative estimate of drug-likeness (QED) is 0.691. The lowest BCUT2D eigenvalue weighted by Gasteiger charge is -2.03. The highest BCUT2D eigenvalue weighted by atomic mass is 35.5. The summed E-state index contributed by atoms with van der Waals surface area (Å²) in [6.07, 6.45) is 1.74. The van der Waals surface area contributed by atoms with Gasteiger partial charge >= 0.3 is 0 Å². The van der Waals surface area contributed by atoms with Gasteiger partial charge in [-0.15, -0.1) is 11.6 Å². The van der Waals surface area contributed by atoms with Gasteiger partial charge in [0.05, 0.1) is 12.1 Å². The molecule has 0 aliphatic carbocycles. The second-order valence-electron chi connectivity index (χ2n) is 3.91. The molecule has 0 bridgehead atoms. The van der Waals surface area contributed by atoms with Crippen LogP contribution in [-0.2, 0) is 4.79 Å². The molecule has 4 nitrogen and oxygen atoms in total. The number of hydrogen-bond acceptors (Lipinski definition) is 3. The number of carbonyl (C=O) groups excluding carboxylic acids is 1. The van der Waals surface area contributed by atoms with Crippen molar-refractivity contribution in [1.82, 2.24) is 10.3 Å². The van der Waals surface area contributed by atoms with Gasteiger partial charge in [-0.2, -0.15) is 0 Å². The van der Waals surface area contributed by atoms with Crippen LogP contribution in [0.1, 0.15) is 0 Å². The molecule has 0 aliphatic rings. The van der Waals surface area contributed by atoms with Crippen molar-refractivity contribution in [2.24, 2.45) is 0 Å². The fraction of sp³-hybridized carbons (Fsp3) is 0.200. The van der Waals surface area contributed by atoms with Crippen LogP contribution in [0.3, 0.4) is 0 Å². The van der Waals surface area contributed by atoms with Gasteiger partial charge in [0, 0.05) is 17.6 Å². The van der Waals surface area contributed by atoms with E-state index < -0.39 is 0 Å². The van der Waals surface area contributed by atoms with Gasteiger partial charge in [-0.25, -0.2) is 0 Å². The van der Waals surface area contributed by atoms with Crippen LogP contribution < -0.4 is 10.1 Å². The van der Waals surface area contributed by atoms with E-state index in [0.29, 0.717) is 0 Å². The molecule has 0 radical (unpaired) electrons. The zero-order valence-electron chi connectivity index (χ0n) is 10.7. The first kappa shape index (κ1) is 14.2. The third kappa shape index (κ3) is 4.15. The van der Waals surface area contributed by atoms with Gasteiger partial charge < -0.3 is 10.1 Å². The third-order valence-corrected chi connectivity index (χ3v) is 2.75. The number of alkyl halides is 1. The van der Waals surface area contributed by atoms with E-state index in [0.717, 1.165) is 16.7 Å². The number of amides is 1. The van der Waals surface area contributed by atoms with E-state index in [-0.39, 0.29) is 24.9 Å². The SMILES string of the molecule is O=C(CCl)NCC#CCOc1ccc2cccnc2c1. The molecule has 20 heavy (non-hydrogen) atoms. The molecule has 2 rings (SSSR count).